The number of amides is 1. The van der Waals surface area contributed by atoms with Crippen LogP contribution in [0.5, 0.6) is 0 Å². The van der Waals surface area contributed by atoms with Gasteiger partial charge in [0, 0.05) is 25.4 Å². The van der Waals surface area contributed by atoms with Crippen LogP contribution in [0.25, 0.3) is 0 Å². The zero-order valence-electron chi connectivity index (χ0n) is 14.6. The van der Waals surface area contributed by atoms with Crippen LogP contribution in [-0.2, 0) is 9.59 Å². The molecule has 0 saturated heterocycles. The summed E-state index contributed by atoms with van der Waals surface area (Å²) in [6.45, 7) is 4.66. The summed E-state index contributed by atoms with van der Waals surface area (Å²) in [6, 6.07) is 0.158. The Kier molecular flexibility index (Phi) is 4.70. The number of rotatable bonds is 7. The number of aliphatic carboxylic acids is 1. The zero-order chi connectivity index (χ0) is 16.6. The highest BCUT2D eigenvalue weighted by molar-refractivity contribution is 5.77. The van der Waals surface area contributed by atoms with Crippen LogP contribution in [0.2, 0.25) is 0 Å². The molecule has 130 valence electrons. The molecule has 0 aromatic heterocycles. The molecule has 0 unspecified atom stereocenters. The molecule has 4 fully saturated rings. The van der Waals surface area contributed by atoms with E-state index in [9.17, 15) is 9.59 Å². The van der Waals surface area contributed by atoms with Crippen molar-refractivity contribution >= 4 is 11.9 Å². The number of carboxylic acid groups (broad SMARTS) is 1. The van der Waals surface area contributed by atoms with Crippen LogP contribution >= 0.6 is 0 Å². The van der Waals surface area contributed by atoms with Gasteiger partial charge in [0.1, 0.15) is 0 Å². The minimum Gasteiger partial charge on any atom is -0.481 e. The van der Waals surface area contributed by atoms with Gasteiger partial charge in [-0.1, -0.05) is 0 Å². The predicted octanol–water partition coefficient (Wildman–Crippen LogP) is 3.69. The molecule has 0 spiro atoms. The third kappa shape index (κ3) is 3.72. The maximum absolute atomic E-state index is 12.9. The first-order chi connectivity index (χ1) is 10.9. The van der Waals surface area contributed by atoms with E-state index < -0.39 is 5.97 Å². The van der Waals surface area contributed by atoms with E-state index in [0.29, 0.717) is 19.4 Å². The minimum absolute atomic E-state index is 0.147. The van der Waals surface area contributed by atoms with Gasteiger partial charge in [0.05, 0.1) is 0 Å². The van der Waals surface area contributed by atoms with Crippen molar-refractivity contribution < 1.29 is 14.7 Å². The van der Waals surface area contributed by atoms with Crippen LogP contribution in [0.4, 0.5) is 0 Å². The maximum Gasteiger partial charge on any atom is 0.303 e. The number of carbonyl (C=O) groups excluding carboxylic acids is 1. The molecule has 0 radical (unpaired) electrons. The molecule has 4 bridgehead atoms. The number of hydrogen-bond acceptors (Lipinski definition) is 2. The van der Waals surface area contributed by atoms with Crippen LogP contribution in [0.3, 0.4) is 0 Å². The van der Waals surface area contributed by atoms with E-state index in [-0.39, 0.29) is 23.8 Å². The lowest BCUT2D eigenvalue weighted by atomic mass is 9.49. The summed E-state index contributed by atoms with van der Waals surface area (Å²) in [7, 11) is 0. The summed E-state index contributed by atoms with van der Waals surface area (Å²) in [6.07, 6.45) is 9.37. The molecule has 4 rings (SSSR count). The Hall–Kier alpha value is -1.06. The molecule has 0 aliphatic heterocycles. The molecule has 4 heteroatoms. The molecule has 4 nitrogen and oxygen atoms in total. The van der Waals surface area contributed by atoms with Crippen LogP contribution in [0.1, 0.15) is 71.6 Å². The summed E-state index contributed by atoms with van der Waals surface area (Å²) < 4.78 is 0. The molecular weight excluding hydrogens is 290 g/mol. The van der Waals surface area contributed by atoms with E-state index in [0.717, 1.165) is 17.8 Å². The molecular formula is C19H31NO3. The van der Waals surface area contributed by atoms with E-state index in [1.54, 1.807) is 0 Å². The maximum atomic E-state index is 12.9. The van der Waals surface area contributed by atoms with Crippen molar-refractivity contribution in [1.82, 2.24) is 4.90 Å². The van der Waals surface area contributed by atoms with E-state index in [1.165, 1.54) is 38.5 Å². The molecule has 0 aromatic rings. The molecule has 0 aromatic carbocycles. The molecule has 4 aliphatic rings. The zero-order valence-corrected chi connectivity index (χ0v) is 14.6. The summed E-state index contributed by atoms with van der Waals surface area (Å²) in [5.41, 5.74) is 0.270. The Balaban J connectivity index is 1.61. The third-order valence-corrected chi connectivity index (χ3v) is 6.42. The number of nitrogens with zero attached hydrogens (tertiary/aromatic N) is 1. The Morgan fingerprint density at radius 1 is 1.09 bits per heavy atom. The quantitative estimate of drug-likeness (QED) is 0.778. The van der Waals surface area contributed by atoms with Crippen LogP contribution in [0.15, 0.2) is 0 Å². The van der Waals surface area contributed by atoms with Gasteiger partial charge in [0.15, 0.2) is 0 Å². The van der Waals surface area contributed by atoms with Gasteiger partial charge >= 0.3 is 5.97 Å². The van der Waals surface area contributed by atoms with Crippen molar-refractivity contribution in [3.05, 3.63) is 0 Å². The second-order valence-electron chi connectivity index (χ2n) is 8.77. The van der Waals surface area contributed by atoms with Crippen molar-refractivity contribution in [2.75, 3.05) is 6.54 Å². The largest absolute Gasteiger partial charge is 0.481 e. The van der Waals surface area contributed by atoms with Crippen molar-refractivity contribution in [2.45, 2.75) is 77.7 Å². The van der Waals surface area contributed by atoms with Crippen molar-refractivity contribution in [1.29, 1.82) is 0 Å². The van der Waals surface area contributed by atoms with Crippen LogP contribution in [-0.4, -0.2) is 34.5 Å². The molecule has 4 aliphatic carbocycles. The lowest BCUT2D eigenvalue weighted by Crippen LogP contribution is -2.49. The number of hydrogen-bond donors (Lipinski definition) is 1. The van der Waals surface area contributed by atoms with Gasteiger partial charge in [-0.3, -0.25) is 9.59 Å². The van der Waals surface area contributed by atoms with Crippen molar-refractivity contribution in [3.63, 3.8) is 0 Å². The third-order valence-electron chi connectivity index (χ3n) is 6.42. The SMILES string of the molecule is CC(C)N(CCCC(=O)O)C(=O)CC12CC3CC(CC(C3)C1)C2. The Bertz CT molecular complexity index is 436. The van der Waals surface area contributed by atoms with E-state index >= 15 is 0 Å². The fraction of sp³-hybridized carbons (Fsp3) is 0.895. The first-order valence-corrected chi connectivity index (χ1v) is 9.38. The molecule has 0 atom stereocenters. The first-order valence-electron chi connectivity index (χ1n) is 9.38. The highest BCUT2D eigenvalue weighted by atomic mass is 16.4. The first kappa shape index (κ1) is 16.8. The summed E-state index contributed by atoms with van der Waals surface area (Å²) in [4.78, 5) is 25.6. The number of carboxylic acids is 1. The molecule has 4 saturated carbocycles. The van der Waals surface area contributed by atoms with E-state index in [2.05, 4.69) is 0 Å². The van der Waals surface area contributed by atoms with Gasteiger partial charge in [-0.25, -0.2) is 0 Å². The predicted molar refractivity (Wildman–Crippen MR) is 88.9 cm³/mol. The smallest absolute Gasteiger partial charge is 0.303 e. The standard InChI is InChI=1S/C19H31NO3/c1-13(2)20(5-3-4-18(22)23)17(21)12-19-9-14-6-15(10-19)8-16(7-14)11-19/h13-16H,3-12H2,1-2H3,(H,22,23). The molecule has 1 N–H and O–H groups in total. The average molecular weight is 321 g/mol. The van der Waals surface area contributed by atoms with Gasteiger partial charge in [0.2, 0.25) is 5.91 Å². The fourth-order valence-corrected chi connectivity index (χ4v) is 6.00. The topological polar surface area (TPSA) is 57.6 Å². The summed E-state index contributed by atoms with van der Waals surface area (Å²) in [5, 5.41) is 8.81. The summed E-state index contributed by atoms with van der Waals surface area (Å²) in [5.74, 6) is 2.09. The lowest BCUT2D eigenvalue weighted by molar-refractivity contribution is -0.142. The lowest BCUT2D eigenvalue weighted by Gasteiger charge is -2.57. The molecule has 23 heavy (non-hydrogen) atoms. The Labute approximate surface area is 139 Å². The Morgan fingerprint density at radius 3 is 2.04 bits per heavy atom. The van der Waals surface area contributed by atoms with E-state index in [1.807, 2.05) is 18.7 Å². The van der Waals surface area contributed by atoms with Gasteiger partial charge in [-0.15, -0.1) is 0 Å². The average Bonchev–Trinajstić information content (AvgIpc) is 2.40. The summed E-state index contributed by atoms with van der Waals surface area (Å²) >= 11 is 0. The van der Waals surface area contributed by atoms with Gasteiger partial charge in [0.25, 0.3) is 0 Å². The number of carbonyl (C=O) groups is 2. The molecule has 0 heterocycles. The van der Waals surface area contributed by atoms with Crippen LogP contribution in [0, 0.1) is 23.2 Å². The van der Waals surface area contributed by atoms with Gasteiger partial charge in [-0.2, -0.15) is 0 Å². The Morgan fingerprint density at radius 2 is 1.61 bits per heavy atom. The highest BCUT2D eigenvalue weighted by Gasteiger charge is 2.51. The monoisotopic (exact) mass is 321 g/mol. The minimum atomic E-state index is -0.776. The van der Waals surface area contributed by atoms with Crippen LogP contribution < -0.4 is 0 Å². The second kappa shape index (κ2) is 6.45. The highest BCUT2D eigenvalue weighted by Crippen LogP contribution is 2.61. The fourth-order valence-electron chi connectivity index (χ4n) is 6.00. The van der Waals surface area contributed by atoms with Gasteiger partial charge < -0.3 is 10.0 Å². The second-order valence-corrected chi connectivity index (χ2v) is 8.77. The van der Waals surface area contributed by atoms with E-state index in [4.69, 9.17) is 5.11 Å². The van der Waals surface area contributed by atoms with Gasteiger partial charge in [-0.05, 0) is 82.0 Å². The normalized spacial score (nSPS) is 34.8. The van der Waals surface area contributed by atoms with Crippen molar-refractivity contribution in [2.24, 2.45) is 23.2 Å². The van der Waals surface area contributed by atoms with Crippen molar-refractivity contribution in [3.8, 4) is 0 Å². The molecule has 1 amide bonds.